The van der Waals surface area contributed by atoms with Gasteiger partial charge in [0.1, 0.15) is 11.2 Å². The zero-order chi connectivity index (χ0) is 33.7. The largest absolute Gasteiger partial charge is 0.455 e. The molecule has 2 aromatic heterocycles. The third kappa shape index (κ3) is 5.04. The average molecular weight is 652 g/mol. The van der Waals surface area contributed by atoms with Crippen molar-refractivity contribution in [2.24, 2.45) is 0 Å². The summed E-state index contributed by atoms with van der Waals surface area (Å²) in [5.74, 6) is 1.95. The fourth-order valence-electron chi connectivity index (χ4n) is 7.24. The molecule has 0 N–H and O–H groups in total. The molecule has 238 valence electrons. The van der Waals surface area contributed by atoms with E-state index >= 15 is 0 Å². The summed E-state index contributed by atoms with van der Waals surface area (Å²) >= 11 is 0. The van der Waals surface area contributed by atoms with Crippen LogP contribution in [-0.2, 0) is 0 Å². The molecule has 0 unspecified atom stereocenters. The van der Waals surface area contributed by atoms with E-state index in [1.54, 1.807) is 0 Å². The molecule has 0 radical (unpaired) electrons. The molecule has 0 saturated heterocycles. The van der Waals surface area contributed by atoms with Crippen LogP contribution in [0.5, 0.6) is 0 Å². The van der Waals surface area contributed by atoms with Crippen LogP contribution >= 0.6 is 0 Å². The summed E-state index contributed by atoms with van der Waals surface area (Å²) in [7, 11) is 0. The molecular formula is C47H29N3O. The van der Waals surface area contributed by atoms with Crippen LogP contribution in [-0.4, -0.2) is 15.0 Å². The first kappa shape index (κ1) is 29.0. The van der Waals surface area contributed by atoms with Crippen LogP contribution < -0.4 is 0 Å². The molecule has 0 fully saturated rings. The molecule has 2 heterocycles. The highest BCUT2D eigenvalue weighted by Crippen LogP contribution is 2.43. The Kier molecular flexibility index (Phi) is 6.78. The Morgan fingerprint density at radius 3 is 1.51 bits per heavy atom. The lowest BCUT2D eigenvalue weighted by Crippen LogP contribution is -2.00. The summed E-state index contributed by atoms with van der Waals surface area (Å²) in [6, 6.07) is 61.1. The summed E-state index contributed by atoms with van der Waals surface area (Å²) in [4.78, 5) is 14.8. The van der Waals surface area contributed by atoms with Gasteiger partial charge in [-0.2, -0.15) is 0 Å². The molecule has 0 amide bonds. The van der Waals surface area contributed by atoms with Gasteiger partial charge in [0.25, 0.3) is 0 Å². The van der Waals surface area contributed by atoms with Crippen LogP contribution in [0.15, 0.2) is 180 Å². The summed E-state index contributed by atoms with van der Waals surface area (Å²) in [5, 5.41) is 6.79. The second-order valence-electron chi connectivity index (χ2n) is 12.8. The van der Waals surface area contributed by atoms with Crippen molar-refractivity contribution < 1.29 is 4.42 Å². The number of nitrogens with zero attached hydrogens (tertiary/aromatic N) is 3. The highest BCUT2D eigenvalue weighted by molar-refractivity contribution is 6.22. The molecule has 0 aliphatic carbocycles. The van der Waals surface area contributed by atoms with E-state index in [0.29, 0.717) is 17.5 Å². The van der Waals surface area contributed by atoms with Gasteiger partial charge in [-0.05, 0) is 62.7 Å². The molecule has 4 heteroatoms. The Hall–Kier alpha value is -6.91. The molecule has 0 aliphatic rings. The summed E-state index contributed by atoms with van der Waals surface area (Å²) in [6.07, 6.45) is 0. The topological polar surface area (TPSA) is 51.8 Å². The van der Waals surface area contributed by atoms with Gasteiger partial charge in [-0.1, -0.05) is 152 Å². The van der Waals surface area contributed by atoms with Gasteiger partial charge in [-0.3, -0.25) is 0 Å². The molecule has 4 nitrogen and oxygen atoms in total. The van der Waals surface area contributed by atoms with Gasteiger partial charge in [0.05, 0.1) is 0 Å². The van der Waals surface area contributed by atoms with Crippen molar-refractivity contribution in [1.29, 1.82) is 0 Å². The lowest BCUT2D eigenvalue weighted by atomic mass is 9.93. The van der Waals surface area contributed by atoms with Crippen molar-refractivity contribution in [2.75, 3.05) is 0 Å². The van der Waals surface area contributed by atoms with Gasteiger partial charge in [-0.15, -0.1) is 0 Å². The molecular weight excluding hydrogens is 623 g/mol. The monoisotopic (exact) mass is 651 g/mol. The van der Waals surface area contributed by atoms with Crippen molar-refractivity contribution in [3.8, 4) is 56.4 Å². The lowest BCUT2D eigenvalue weighted by molar-refractivity contribution is 0.673. The Bertz CT molecular complexity index is 2840. The van der Waals surface area contributed by atoms with Crippen LogP contribution in [0.25, 0.3) is 99.9 Å². The Morgan fingerprint density at radius 1 is 0.333 bits per heavy atom. The predicted molar refractivity (Wildman–Crippen MR) is 209 cm³/mol. The number of hydrogen-bond donors (Lipinski definition) is 0. The third-order valence-corrected chi connectivity index (χ3v) is 9.70. The van der Waals surface area contributed by atoms with Gasteiger partial charge in [0, 0.05) is 32.8 Å². The van der Waals surface area contributed by atoms with E-state index in [-0.39, 0.29) is 0 Å². The van der Waals surface area contributed by atoms with Crippen LogP contribution in [0, 0.1) is 0 Å². The predicted octanol–water partition coefficient (Wildman–Crippen LogP) is 12.4. The zero-order valence-electron chi connectivity index (χ0n) is 27.5. The fourth-order valence-corrected chi connectivity index (χ4v) is 7.24. The molecule has 0 bridgehead atoms. The minimum absolute atomic E-state index is 0.643. The number of furan rings is 1. The van der Waals surface area contributed by atoms with Crippen LogP contribution in [0.1, 0.15) is 0 Å². The normalized spacial score (nSPS) is 11.5. The van der Waals surface area contributed by atoms with E-state index in [1.165, 1.54) is 16.5 Å². The van der Waals surface area contributed by atoms with Gasteiger partial charge >= 0.3 is 0 Å². The number of benzene rings is 8. The number of hydrogen-bond acceptors (Lipinski definition) is 4. The summed E-state index contributed by atoms with van der Waals surface area (Å²) < 4.78 is 6.64. The van der Waals surface area contributed by atoms with Crippen molar-refractivity contribution in [2.45, 2.75) is 0 Å². The van der Waals surface area contributed by atoms with Crippen LogP contribution in [0.3, 0.4) is 0 Å². The molecule has 0 spiro atoms. The average Bonchev–Trinajstić information content (AvgIpc) is 3.60. The molecule has 0 aliphatic heterocycles. The lowest BCUT2D eigenvalue weighted by Gasteiger charge is -2.10. The number of fused-ring (bicyclic) bond motifs is 6. The first-order valence-electron chi connectivity index (χ1n) is 17.1. The zero-order valence-corrected chi connectivity index (χ0v) is 27.5. The molecule has 51 heavy (non-hydrogen) atoms. The van der Waals surface area contributed by atoms with E-state index in [1.807, 2.05) is 60.7 Å². The maximum absolute atomic E-state index is 6.64. The van der Waals surface area contributed by atoms with E-state index in [9.17, 15) is 0 Å². The van der Waals surface area contributed by atoms with Crippen LogP contribution in [0.4, 0.5) is 0 Å². The van der Waals surface area contributed by atoms with E-state index in [0.717, 1.165) is 65.9 Å². The molecule has 10 rings (SSSR count). The first-order chi connectivity index (χ1) is 25.3. The van der Waals surface area contributed by atoms with Crippen molar-refractivity contribution >= 4 is 43.5 Å². The molecule has 0 saturated carbocycles. The Balaban J connectivity index is 1.11. The summed E-state index contributed by atoms with van der Waals surface area (Å²) in [6.45, 7) is 0. The fraction of sp³-hybridized carbons (Fsp3) is 0. The van der Waals surface area contributed by atoms with E-state index in [2.05, 4.69) is 115 Å². The van der Waals surface area contributed by atoms with E-state index < -0.39 is 0 Å². The van der Waals surface area contributed by atoms with Crippen molar-refractivity contribution in [3.05, 3.63) is 176 Å². The Morgan fingerprint density at radius 2 is 0.863 bits per heavy atom. The number of aromatic nitrogens is 3. The maximum Gasteiger partial charge on any atom is 0.164 e. The SMILES string of the molecule is c1ccc(-c2nc(-c3ccccc3)nc(-c3ccc4cc(-c5cccc6oc7c8ccccc8c(-c8ccccc8)cc7c56)ccc4c3)n2)cc1. The van der Waals surface area contributed by atoms with Crippen molar-refractivity contribution in [1.82, 2.24) is 15.0 Å². The third-order valence-electron chi connectivity index (χ3n) is 9.70. The van der Waals surface area contributed by atoms with Gasteiger partial charge in [-0.25, -0.2) is 15.0 Å². The van der Waals surface area contributed by atoms with Crippen molar-refractivity contribution in [3.63, 3.8) is 0 Å². The highest BCUT2D eigenvalue weighted by Gasteiger charge is 2.18. The Labute approximate surface area is 294 Å². The van der Waals surface area contributed by atoms with Gasteiger partial charge in [0.2, 0.25) is 0 Å². The molecule has 0 atom stereocenters. The molecule has 8 aromatic carbocycles. The van der Waals surface area contributed by atoms with E-state index in [4.69, 9.17) is 19.4 Å². The second-order valence-corrected chi connectivity index (χ2v) is 12.8. The minimum Gasteiger partial charge on any atom is -0.455 e. The number of rotatable bonds is 5. The standard InChI is InChI=1S/C47H29N3O/c1-4-13-30(14-5-1)40-29-41-43-37(21-12-22-42(43)51-44(41)39-20-11-10-19-38(39)40)35-25-23-34-28-36(26-24-33(34)27-35)47-49-45(31-15-6-2-7-16-31)48-46(50-47)32-17-8-3-9-18-32/h1-29H. The highest BCUT2D eigenvalue weighted by atomic mass is 16.3. The quantitative estimate of drug-likeness (QED) is 0.186. The smallest absolute Gasteiger partial charge is 0.164 e. The second kappa shape index (κ2) is 11.9. The van der Waals surface area contributed by atoms with Gasteiger partial charge < -0.3 is 4.42 Å². The molecule has 10 aromatic rings. The summed E-state index contributed by atoms with van der Waals surface area (Å²) in [5.41, 5.74) is 9.31. The maximum atomic E-state index is 6.64. The van der Waals surface area contributed by atoms with Gasteiger partial charge in [0.15, 0.2) is 17.5 Å². The minimum atomic E-state index is 0.643. The first-order valence-corrected chi connectivity index (χ1v) is 17.1. The van der Waals surface area contributed by atoms with Crippen LogP contribution in [0.2, 0.25) is 0 Å².